The zero-order valence-electron chi connectivity index (χ0n) is 56.6. The van der Waals surface area contributed by atoms with Crippen molar-refractivity contribution in [2.75, 3.05) is 40.9 Å². The highest BCUT2D eigenvalue weighted by Crippen LogP contribution is 2.43. The first-order valence-corrected chi connectivity index (χ1v) is 37.4. The number of amides is 1. The summed E-state index contributed by atoms with van der Waals surface area (Å²) in [7, 11) is 1.49. The van der Waals surface area contributed by atoms with Gasteiger partial charge in [0.15, 0.2) is 0 Å². The highest BCUT2D eigenvalue weighted by molar-refractivity contribution is 7.47. The number of phosphoric acid groups is 1. The van der Waals surface area contributed by atoms with Gasteiger partial charge in [-0.15, -0.1) is 0 Å². The van der Waals surface area contributed by atoms with Crippen LogP contribution in [0.5, 0.6) is 0 Å². The molecule has 3 atom stereocenters. The van der Waals surface area contributed by atoms with Gasteiger partial charge in [-0.25, -0.2) is 4.57 Å². The standard InChI is InChI=1S/C75H137N2O7P/c1-7-10-13-16-19-22-25-28-30-32-34-36-37-38-39-41-42-44-46-49-52-55-58-61-64-67-74(78)76-72(71-83-85(80,81)82-70-69-77(4,5)6)73(66-63-60-57-54-51-48-27-24-21-18-15-12-9-3)84-75(79)68-65-62-59-56-53-50-47-45-43-40-35-33-31-29-26-23-20-17-14-11-8-2/h19-20,22-23,28-31,35,40,45,47,63,66,72-73H,7-18,21,24-27,32-34,36-39,41-44,46,48-62,64-65,67-71H2,1-6H3,(H-,76,78,80,81)/p+1/b22-19-,23-20-,30-28-,31-29-,40-35-,47-45-,66-63-. The lowest BCUT2D eigenvalue weighted by Gasteiger charge is -2.27. The number of nitrogens with zero attached hydrogens (tertiary/aromatic N) is 1. The molecule has 0 aromatic rings. The normalized spacial score (nSPS) is 14.0. The van der Waals surface area contributed by atoms with Gasteiger partial charge in [0.2, 0.25) is 5.91 Å². The van der Waals surface area contributed by atoms with E-state index in [9.17, 15) is 19.0 Å². The number of quaternary nitrogens is 1. The highest BCUT2D eigenvalue weighted by atomic mass is 31.2. The number of likely N-dealkylation sites (N-methyl/N-ethyl adjacent to an activating group) is 1. The zero-order valence-corrected chi connectivity index (χ0v) is 57.5. The van der Waals surface area contributed by atoms with Gasteiger partial charge in [-0.2, -0.15) is 0 Å². The van der Waals surface area contributed by atoms with Crippen molar-refractivity contribution in [3.8, 4) is 0 Å². The van der Waals surface area contributed by atoms with Crippen molar-refractivity contribution in [1.82, 2.24) is 5.32 Å². The summed E-state index contributed by atoms with van der Waals surface area (Å²) in [6.07, 6.45) is 85.9. The molecule has 3 unspecified atom stereocenters. The Bertz CT molecular complexity index is 1730. The molecule has 1 amide bonds. The summed E-state index contributed by atoms with van der Waals surface area (Å²) in [6.45, 7) is 6.98. The zero-order chi connectivity index (χ0) is 62.1. The Balaban J connectivity index is 5.13. The smallest absolute Gasteiger partial charge is 0.456 e. The Kier molecular flexibility index (Phi) is 62.1. The molecular formula is C75H138N2O7P+. The molecule has 494 valence electrons. The number of carbonyl (C=O) groups excluding carboxylic acids is 2. The quantitative estimate of drug-likeness (QED) is 0.0205. The molecule has 10 heteroatoms. The predicted octanol–water partition coefficient (Wildman–Crippen LogP) is 22.9. The number of unbranched alkanes of at least 4 members (excludes halogenated alkanes) is 37. The second-order valence-electron chi connectivity index (χ2n) is 25.4. The molecule has 0 saturated heterocycles. The molecule has 9 nitrogen and oxygen atoms in total. The Morgan fingerprint density at radius 3 is 1.09 bits per heavy atom. The third kappa shape index (κ3) is 65.5. The second kappa shape index (κ2) is 64.2. The first-order chi connectivity index (χ1) is 41.4. The monoisotopic (exact) mass is 1210 g/mol. The van der Waals surface area contributed by atoms with Crippen LogP contribution < -0.4 is 5.32 Å². The van der Waals surface area contributed by atoms with Crippen molar-refractivity contribution < 1.29 is 37.3 Å². The molecule has 2 N–H and O–H groups in total. The number of hydrogen-bond donors (Lipinski definition) is 2. The van der Waals surface area contributed by atoms with Crippen LogP contribution in [0.2, 0.25) is 0 Å². The third-order valence-corrected chi connectivity index (χ3v) is 16.8. The van der Waals surface area contributed by atoms with E-state index in [0.717, 1.165) is 103 Å². The number of ether oxygens (including phenoxy) is 1. The van der Waals surface area contributed by atoms with Crippen molar-refractivity contribution in [3.63, 3.8) is 0 Å². The summed E-state index contributed by atoms with van der Waals surface area (Å²) < 4.78 is 30.8. The molecule has 0 saturated carbocycles. The summed E-state index contributed by atoms with van der Waals surface area (Å²) in [5.41, 5.74) is 0. The van der Waals surface area contributed by atoms with Gasteiger partial charge < -0.3 is 19.4 Å². The minimum absolute atomic E-state index is 0.0348. The predicted molar refractivity (Wildman–Crippen MR) is 369 cm³/mol. The summed E-state index contributed by atoms with van der Waals surface area (Å²) in [4.78, 5) is 37.9. The van der Waals surface area contributed by atoms with Gasteiger partial charge in [-0.1, -0.05) is 292 Å². The Hall–Kier alpha value is -2.81. The maximum atomic E-state index is 13.6. The van der Waals surface area contributed by atoms with Crippen molar-refractivity contribution in [2.45, 2.75) is 341 Å². The third-order valence-electron chi connectivity index (χ3n) is 15.8. The van der Waals surface area contributed by atoms with E-state index in [1.54, 1.807) is 0 Å². The van der Waals surface area contributed by atoms with E-state index in [4.69, 9.17) is 13.8 Å². The number of rotatable bonds is 65. The fourth-order valence-corrected chi connectivity index (χ4v) is 11.0. The van der Waals surface area contributed by atoms with Gasteiger partial charge >= 0.3 is 13.8 Å². The van der Waals surface area contributed by atoms with E-state index in [0.29, 0.717) is 17.4 Å². The van der Waals surface area contributed by atoms with Crippen LogP contribution in [-0.2, 0) is 27.9 Å². The molecule has 0 heterocycles. The fraction of sp³-hybridized carbons (Fsp3) is 0.787. The SMILES string of the molecule is CCCCC/C=C\C/C=C\C/C=C\C/C=C\CCCCCCCC(=O)OC(/C=C\CCCCCCCCCCCCC)C(COP(=O)(O)OCC[N+](C)(C)C)NC(=O)CCCCCCCCCCCCCCCCC/C=C\C/C=C\CCCCC. The van der Waals surface area contributed by atoms with Gasteiger partial charge in [0.25, 0.3) is 0 Å². The lowest BCUT2D eigenvalue weighted by molar-refractivity contribution is -0.870. The van der Waals surface area contributed by atoms with Gasteiger partial charge in [-0.05, 0) is 109 Å². The van der Waals surface area contributed by atoms with E-state index in [1.807, 2.05) is 33.3 Å². The molecule has 0 bridgehead atoms. The van der Waals surface area contributed by atoms with Crippen molar-refractivity contribution in [2.24, 2.45) is 0 Å². The molecule has 85 heavy (non-hydrogen) atoms. The molecule has 0 aromatic carbocycles. The first-order valence-electron chi connectivity index (χ1n) is 35.9. The molecule has 0 radical (unpaired) electrons. The number of hydrogen-bond acceptors (Lipinski definition) is 6. The Morgan fingerprint density at radius 1 is 0.412 bits per heavy atom. The van der Waals surface area contributed by atoms with Crippen molar-refractivity contribution in [1.29, 1.82) is 0 Å². The van der Waals surface area contributed by atoms with Gasteiger partial charge in [0, 0.05) is 12.8 Å². The Labute approximate surface area is 526 Å². The van der Waals surface area contributed by atoms with Crippen LogP contribution >= 0.6 is 7.82 Å². The Morgan fingerprint density at radius 2 is 0.718 bits per heavy atom. The van der Waals surface area contributed by atoms with Crippen molar-refractivity contribution in [3.05, 3.63) is 85.1 Å². The molecule has 0 aliphatic carbocycles. The van der Waals surface area contributed by atoms with E-state index in [2.05, 4.69) is 99.0 Å². The molecular weight excluding hydrogens is 1070 g/mol. The highest BCUT2D eigenvalue weighted by Gasteiger charge is 2.30. The molecule has 0 rings (SSSR count). The van der Waals surface area contributed by atoms with Crippen LogP contribution in [0.15, 0.2) is 85.1 Å². The average molecular weight is 1210 g/mol. The van der Waals surface area contributed by atoms with Gasteiger partial charge in [0.05, 0.1) is 33.8 Å². The number of phosphoric ester groups is 1. The molecule has 0 aliphatic heterocycles. The fourth-order valence-electron chi connectivity index (χ4n) is 10.2. The average Bonchev–Trinajstić information content (AvgIpc) is 3.48. The number of nitrogens with one attached hydrogen (secondary N) is 1. The van der Waals surface area contributed by atoms with E-state index in [1.165, 1.54) is 193 Å². The van der Waals surface area contributed by atoms with Gasteiger partial charge in [0.1, 0.15) is 19.3 Å². The van der Waals surface area contributed by atoms with E-state index < -0.39 is 20.0 Å². The minimum Gasteiger partial charge on any atom is -0.456 e. The molecule has 0 spiro atoms. The molecule has 0 aromatic heterocycles. The van der Waals surface area contributed by atoms with Crippen LogP contribution in [0.4, 0.5) is 0 Å². The van der Waals surface area contributed by atoms with Crippen LogP contribution in [0.3, 0.4) is 0 Å². The van der Waals surface area contributed by atoms with Crippen LogP contribution in [0, 0.1) is 0 Å². The molecule has 0 fully saturated rings. The van der Waals surface area contributed by atoms with Crippen LogP contribution in [-0.4, -0.2) is 74.3 Å². The van der Waals surface area contributed by atoms with Crippen LogP contribution in [0.25, 0.3) is 0 Å². The minimum atomic E-state index is -4.46. The second-order valence-corrected chi connectivity index (χ2v) is 26.9. The number of allylic oxidation sites excluding steroid dienone is 13. The largest absolute Gasteiger partial charge is 0.472 e. The topological polar surface area (TPSA) is 111 Å². The summed E-state index contributed by atoms with van der Waals surface area (Å²) in [5, 5.41) is 3.07. The maximum absolute atomic E-state index is 13.6. The molecule has 0 aliphatic rings. The lowest BCUT2D eigenvalue weighted by atomic mass is 10.0. The van der Waals surface area contributed by atoms with Crippen molar-refractivity contribution >= 4 is 19.7 Å². The summed E-state index contributed by atoms with van der Waals surface area (Å²) in [5.74, 6) is -0.518. The van der Waals surface area contributed by atoms with Crippen LogP contribution in [0.1, 0.15) is 329 Å². The summed E-state index contributed by atoms with van der Waals surface area (Å²) in [6, 6.07) is -0.861. The number of carbonyl (C=O) groups is 2. The van der Waals surface area contributed by atoms with Gasteiger partial charge in [-0.3, -0.25) is 18.6 Å². The maximum Gasteiger partial charge on any atom is 0.472 e. The summed E-state index contributed by atoms with van der Waals surface area (Å²) >= 11 is 0. The van der Waals surface area contributed by atoms with E-state index in [-0.39, 0.29) is 31.5 Å². The first kappa shape index (κ1) is 82.2. The lowest BCUT2D eigenvalue weighted by Crippen LogP contribution is -2.47. The van der Waals surface area contributed by atoms with E-state index >= 15 is 0 Å². The number of esters is 1.